The van der Waals surface area contributed by atoms with E-state index in [9.17, 15) is 9.18 Å². The van der Waals surface area contributed by atoms with Crippen LogP contribution in [-0.2, 0) is 17.7 Å². The molecule has 0 fully saturated rings. The van der Waals surface area contributed by atoms with Crippen molar-refractivity contribution in [2.45, 2.75) is 13.2 Å². The van der Waals surface area contributed by atoms with Crippen molar-refractivity contribution in [1.29, 1.82) is 0 Å². The van der Waals surface area contributed by atoms with Gasteiger partial charge in [-0.2, -0.15) is 0 Å². The van der Waals surface area contributed by atoms with Gasteiger partial charge in [0.1, 0.15) is 12.4 Å². The Morgan fingerprint density at radius 1 is 1.16 bits per heavy atom. The summed E-state index contributed by atoms with van der Waals surface area (Å²) in [6, 6.07) is 16.3. The van der Waals surface area contributed by atoms with E-state index in [0.717, 1.165) is 27.1 Å². The van der Waals surface area contributed by atoms with Gasteiger partial charge < -0.3 is 14.8 Å². The van der Waals surface area contributed by atoms with Crippen LogP contribution in [0.25, 0.3) is 10.9 Å². The fraction of sp³-hybridized carbons (Fsp3) is 0.130. The molecule has 0 radical (unpaired) electrons. The Bertz CT molecular complexity index is 1220. The lowest BCUT2D eigenvalue weighted by molar-refractivity contribution is 0.0948. The minimum Gasteiger partial charge on any atom is -0.353 e. The number of carbonyl (C=O) groups excluding carboxylic acids is 1. The lowest BCUT2D eigenvalue weighted by Crippen LogP contribution is -2.28. The molecule has 8 heteroatoms. The minimum atomic E-state index is -1.39. The maximum atomic E-state index is 13.3. The average Bonchev–Trinajstić information content (AvgIpc) is 3.17. The molecule has 0 saturated carbocycles. The number of aromatic nitrogens is 2. The fourth-order valence-electron chi connectivity index (χ4n) is 3.39. The Morgan fingerprint density at radius 2 is 1.97 bits per heavy atom. The van der Waals surface area contributed by atoms with Gasteiger partial charge in [0.05, 0.1) is 8.15 Å². The molecule has 4 aromatic rings. The van der Waals surface area contributed by atoms with E-state index in [0.29, 0.717) is 22.8 Å². The van der Waals surface area contributed by atoms with E-state index in [2.05, 4.69) is 15.3 Å². The number of H-pyrrole nitrogens is 1. The molecule has 2 aromatic carbocycles. The van der Waals surface area contributed by atoms with Gasteiger partial charge in [-0.25, -0.2) is 4.39 Å². The van der Waals surface area contributed by atoms with Crippen LogP contribution in [0.3, 0.4) is 0 Å². The van der Waals surface area contributed by atoms with Crippen molar-refractivity contribution in [2.24, 2.45) is 0 Å². The Morgan fingerprint density at radius 3 is 2.71 bits per heavy atom. The summed E-state index contributed by atoms with van der Waals surface area (Å²) in [7, 11) is 0.202. The summed E-state index contributed by atoms with van der Waals surface area (Å²) in [4.78, 5) is 20.4. The third-order valence-electron chi connectivity index (χ3n) is 4.85. The van der Waals surface area contributed by atoms with Crippen LogP contribution in [0.15, 0.2) is 67.0 Å². The van der Waals surface area contributed by atoms with E-state index in [1.165, 1.54) is 0 Å². The van der Waals surface area contributed by atoms with Crippen molar-refractivity contribution >= 4 is 47.2 Å². The molecule has 0 spiro atoms. The molecule has 0 aliphatic rings. The van der Waals surface area contributed by atoms with Gasteiger partial charge in [-0.1, -0.05) is 29.8 Å². The first-order valence-electron chi connectivity index (χ1n) is 9.58. The summed E-state index contributed by atoms with van der Waals surface area (Å²) in [6.45, 7) is -0.209. The number of hydrogen-bond acceptors (Lipinski definition) is 3. The van der Waals surface area contributed by atoms with Crippen molar-refractivity contribution in [3.63, 3.8) is 0 Å². The van der Waals surface area contributed by atoms with Crippen LogP contribution in [0.2, 0.25) is 5.02 Å². The Hall–Kier alpha value is -2.79. The molecule has 158 valence electrons. The number of rotatable bonds is 7. The number of aromatic amines is 1. The van der Waals surface area contributed by atoms with Crippen LogP contribution in [0.5, 0.6) is 0 Å². The standard InChI is InChI=1S/C23H20ClFN3O2P/c1-30-31(18-4-2-3-16(11-18)13-25)22-19-12-17(24)5-6-20(19)28-21(22)23(29)27-14-15-7-9-26-10-8-15/h2-12,28H,13-14H2,1H3,(H,27,29). The van der Waals surface area contributed by atoms with E-state index < -0.39 is 14.8 Å². The molecule has 0 aliphatic heterocycles. The van der Waals surface area contributed by atoms with Gasteiger partial charge in [-0.15, -0.1) is 0 Å². The number of amides is 1. The zero-order chi connectivity index (χ0) is 21.8. The molecule has 4 rings (SSSR count). The molecular formula is C23H20ClFN3O2P. The number of nitrogens with zero attached hydrogens (tertiary/aromatic N) is 1. The second-order valence-electron chi connectivity index (χ2n) is 6.86. The highest BCUT2D eigenvalue weighted by Crippen LogP contribution is 2.39. The van der Waals surface area contributed by atoms with Crippen LogP contribution in [-0.4, -0.2) is 23.0 Å². The van der Waals surface area contributed by atoms with Gasteiger partial charge in [-0.05, 0) is 47.5 Å². The zero-order valence-electron chi connectivity index (χ0n) is 16.7. The summed E-state index contributed by atoms with van der Waals surface area (Å²) in [5.74, 6) is -0.259. The first-order valence-corrected chi connectivity index (χ1v) is 11.2. The minimum absolute atomic E-state index is 0.259. The predicted molar refractivity (Wildman–Crippen MR) is 123 cm³/mol. The van der Waals surface area contributed by atoms with Crippen molar-refractivity contribution in [3.8, 4) is 0 Å². The van der Waals surface area contributed by atoms with Gasteiger partial charge >= 0.3 is 0 Å². The molecule has 2 aromatic heterocycles. The molecule has 31 heavy (non-hydrogen) atoms. The zero-order valence-corrected chi connectivity index (χ0v) is 18.4. The molecule has 0 saturated heterocycles. The first-order chi connectivity index (χ1) is 15.1. The number of hydrogen-bond donors (Lipinski definition) is 2. The molecule has 1 atom stereocenters. The third kappa shape index (κ3) is 4.62. The SMILES string of the molecule is COP(c1cccc(CF)c1)c1c(C(=O)NCc2ccncc2)[nH]c2ccc(Cl)cc12. The van der Waals surface area contributed by atoms with Crippen LogP contribution in [0.4, 0.5) is 4.39 Å². The Labute approximate surface area is 185 Å². The van der Waals surface area contributed by atoms with E-state index in [4.69, 9.17) is 16.1 Å². The predicted octanol–water partition coefficient (Wildman–Crippen LogP) is 4.61. The molecule has 2 heterocycles. The van der Waals surface area contributed by atoms with Crippen LogP contribution < -0.4 is 15.9 Å². The van der Waals surface area contributed by atoms with E-state index >= 15 is 0 Å². The van der Waals surface area contributed by atoms with Crippen LogP contribution >= 0.6 is 19.7 Å². The van der Waals surface area contributed by atoms with Gasteiger partial charge in [0, 0.05) is 52.6 Å². The van der Waals surface area contributed by atoms with Gasteiger partial charge in [-0.3, -0.25) is 9.78 Å². The number of alkyl halides is 1. The van der Waals surface area contributed by atoms with Crippen molar-refractivity contribution in [3.05, 3.63) is 88.8 Å². The lowest BCUT2D eigenvalue weighted by atomic mass is 10.2. The summed E-state index contributed by atoms with van der Waals surface area (Å²) in [5, 5.41) is 5.85. The number of nitrogens with one attached hydrogen (secondary N) is 2. The number of benzene rings is 2. The molecule has 5 nitrogen and oxygen atoms in total. The Balaban J connectivity index is 1.78. The second kappa shape index (κ2) is 9.56. The van der Waals surface area contributed by atoms with Gasteiger partial charge in [0.2, 0.25) is 0 Å². The lowest BCUT2D eigenvalue weighted by Gasteiger charge is -2.18. The van der Waals surface area contributed by atoms with Crippen molar-refractivity contribution in [1.82, 2.24) is 15.3 Å². The van der Waals surface area contributed by atoms with E-state index in [-0.39, 0.29) is 5.91 Å². The number of carbonyl (C=O) groups is 1. The molecular weight excluding hydrogens is 436 g/mol. The molecule has 1 unspecified atom stereocenters. The highest BCUT2D eigenvalue weighted by Gasteiger charge is 2.27. The van der Waals surface area contributed by atoms with E-state index in [1.54, 1.807) is 43.8 Å². The van der Waals surface area contributed by atoms with Crippen molar-refractivity contribution < 1.29 is 13.7 Å². The average molecular weight is 456 g/mol. The normalized spacial score (nSPS) is 12.1. The van der Waals surface area contributed by atoms with Crippen LogP contribution in [0, 0.1) is 0 Å². The topological polar surface area (TPSA) is 67.0 Å². The third-order valence-corrected chi connectivity index (χ3v) is 7.07. The number of halogens is 2. The summed E-state index contributed by atoms with van der Waals surface area (Å²) >= 11 is 6.26. The summed E-state index contributed by atoms with van der Waals surface area (Å²) in [6.07, 6.45) is 3.36. The molecule has 1 amide bonds. The fourth-order valence-corrected chi connectivity index (χ4v) is 5.48. The second-order valence-corrected chi connectivity index (χ2v) is 9.21. The van der Waals surface area contributed by atoms with E-state index in [1.807, 2.05) is 30.3 Å². The van der Waals surface area contributed by atoms with Gasteiger partial charge in [0.15, 0.2) is 0 Å². The molecule has 0 aliphatic carbocycles. The van der Waals surface area contributed by atoms with Gasteiger partial charge in [0.25, 0.3) is 5.91 Å². The Kier molecular flexibility index (Phi) is 6.62. The quantitative estimate of drug-likeness (QED) is 0.400. The van der Waals surface area contributed by atoms with Crippen molar-refractivity contribution in [2.75, 3.05) is 7.11 Å². The number of fused-ring (bicyclic) bond motifs is 1. The summed E-state index contributed by atoms with van der Waals surface area (Å²) in [5.41, 5.74) is 2.68. The van der Waals surface area contributed by atoms with Crippen LogP contribution in [0.1, 0.15) is 21.6 Å². The smallest absolute Gasteiger partial charge is 0.268 e. The number of pyridine rings is 1. The highest BCUT2D eigenvalue weighted by atomic mass is 35.5. The largest absolute Gasteiger partial charge is 0.353 e. The molecule has 2 N–H and O–H groups in total. The highest BCUT2D eigenvalue weighted by molar-refractivity contribution is 7.69. The monoisotopic (exact) mass is 455 g/mol. The maximum Gasteiger partial charge on any atom is 0.268 e. The first kappa shape index (κ1) is 21.4. The summed E-state index contributed by atoms with van der Waals surface area (Å²) < 4.78 is 19.1. The maximum absolute atomic E-state index is 13.3. The molecule has 0 bridgehead atoms.